The molecule has 3 heteroatoms. The van der Waals surface area contributed by atoms with E-state index in [1.807, 2.05) is 38.4 Å². The number of hydrogen-bond acceptors (Lipinski definition) is 2. The quantitative estimate of drug-likeness (QED) is 0.762. The molecule has 0 amide bonds. The van der Waals surface area contributed by atoms with Crippen LogP contribution >= 0.6 is 0 Å². The first-order valence-electron chi connectivity index (χ1n) is 4.72. The van der Waals surface area contributed by atoms with Crippen LogP contribution in [-0.2, 0) is 11.3 Å². The SMILES string of the molecule is CN(C)Cc1cccc(/C=C/C(=O)O)c1. The summed E-state index contributed by atoms with van der Waals surface area (Å²) in [6.07, 6.45) is 2.75. The summed E-state index contributed by atoms with van der Waals surface area (Å²) in [5.74, 6) is -0.923. The average molecular weight is 205 g/mol. The van der Waals surface area contributed by atoms with Crippen molar-refractivity contribution in [2.24, 2.45) is 0 Å². The maximum atomic E-state index is 10.3. The molecule has 0 aliphatic rings. The zero-order valence-electron chi connectivity index (χ0n) is 8.97. The molecule has 0 aliphatic heterocycles. The summed E-state index contributed by atoms with van der Waals surface area (Å²) in [5, 5.41) is 8.49. The Labute approximate surface area is 89.6 Å². The van der Waals surface area contributed by atoms with E-state index in [0.29, 0.717) is 0 Å². The van der Waals surface area contributed by atoms with Gasteiger partial charge in [-0.15, -0.1) is 0 Å². The van der Waals surface area contributed by atoms with Crippen LogP contribution in [0.25, 0.3) is 6.08 Å². The minimum Gasteiger partial charge on any atom is -0.478 e. The second kappa shape index (κ2) is 5.32. The number of hydrogen-bond donors (Lipinski definition) is 1. The lowest BCUT2D eigenvalue weighted by Gasteiger charge is -2.09. The number of nitrogens with zero attached hydrogens (tertiary/aromatic N) is 1. The lowest BCUT2D eigenvalue weighted by atomic mass is 10.1. The highest BCUT2D eigenvalue weighted by Gasteiger charge is 1.96. The molecule has 0 saturated carbocycles. The van der Waals surface area contributed by atoms with E-state index in [1.54, 1.807) is 6.08 Å². The van der Waals surface area contributed by atoms with E-state index in [-0.39, 0.29) is 0 Å². The molecule has 0 heterocycles. The van der Waals surface area contributed by atoms with Crippen LogP contribution in [0.1, 0.15) is 11.1 Å². The number of aliphatic carboxylic acids is 1. The van der Waals surface area contributed by atoms with Gasteiger partial charge in [0.1, 0.15) is 0 Å². The normalized spacial score (nSPS) is 11.1. The van der Waals surface area contributed by atoms with Crippen molar-refractivity contribution in [2.75, 3.05) is 14.1 Å². The first kappa shape index (κ1) is 11.5. The van der Waals surface area contributed by atoms with Crippen LogP contribution in [0.4, 0.5) is 0 Å². The molecule has 1 aromatic rings. The van der Waals surface area contributed by atoms with Crippen molar-refractivity contribution < 1.29 is 9.90 Å². The van der Waals surface area contributed by atoms with E-state index in [9.17, 15) is 4.79 Å². The number of carboxylic acids is 1. The van der Waals surface area contributed by atoms with Crippen LogP contribution in [0.2, 0.25) is 0 Å². The van der Waals surface area contributed by atoms with Gasteiger partial charge in [-0.05, 0) is 31.3 Å². The number of rotatable bonds is 4. The molecule has 0 unspecified atom stereocenters. The minimum atomic E-state index is -0.923. The number of carboxylic acid groups (broad SMARTS) is 1. The summed E-state index contributed by atoms with van der Waals surface area (Å²) in [5.41, 5.74) is 2.09. The van der Waals surface area contributed by atoms with Gasteiger partial charge in [-0.25, -0.2) is 4.79 Å². The van der Waals surface area contributed by atoms with Gasteiger partial charge in [0.2, 0.25) is 0 Å². The van der Waals surface area contributed by atoms with Gasteiger partial charge < -0.3 is 10.0 Å². The summed E-state index contributed by atoms with van der Waals surface area (Å²) in [6, 6.07) is 7.83. The van der Waals surface area contributed by atoms with Gasteiger partial charge in [-0.1, -0.05) is 24.3 Å². The fourth-order valence-corrected chi connectivity index (χ4v) is 1.33. The third-order valence-corrected chi connectivity index (χ3v) is 1.87. The third-order valence-electron chi connectivity index (χ3n) is 1.87. The van der Waals surface area contributed by atoms with Gasteiger partial charge in [-0.2, -0.15) is 0 Å². The number of benzene rings is 1. The van der Waals surface area contributed by atoms with E-state index in [0.717, 1.165) is 18.2 Å². The molecular formula is C12H15NO2. The van der Waals surface area contributed by atoms with Crippen LogP contribution in [0.5, 0.6) is 0 Å². The second-order valence-electron chi connectivity index (χ2n) is 3.65. The number of carbonyl (C=O) groups is 1. The summed E-state index contributed by atoms with van der Waals surface area (Å²) >= 11 is 0. The smallest absolute Gasteiger partial charge is 0.328 e. The zero-order chi connectivity index (χ0) is 11.3. The molecule has 80 valence electrons. The minimum absolute atomic E-state index is 0.856. The fourth-order valence-electron chi connectivity index (χ4n) is 1.33. The van der Waals surface area contributed by atoms with Crippen molar-refractivity contribution in [3.63, 3.8) is 0 Å². The first-order valence-corrected chi connectivity index (χ1v) is 4.72. The lowest BCUT2D eigenvalue weighted by molar-refractivity contribution is -0.131. The van der Waals surface area contributed by atoms with Gasteiger partial charge in [0.15, 0.2) is 0 Å². The highest BCUT2D eigenvalue weighted by atomic mass is 16.4. The Morgan fingerprint density at radius 3 is 2.80 bits per heavy atom. The van der Waals surface area contributed by atoms with Gasteiger partial charge in [0, 0.05) is 12.6 Å². The van der Waals surface area contributed by atoms with Crippen molar-refractivity contribution >= 4 is 12.0 Å². The van der Waals surface area contributed by atoms with Crippen LogP contribution in [0.15, 0.2) is 30.3 Å². The molecule has 0 radical (unpaired) electrons. The van der Waals surface area contributed by atoms with Crippen LogP contribution in [0.3, 0.4) is 0 Å². The maximum absolute atomic E-state index is 10.3. The highest BCUT2D eigenvalue weighted by Crippen LogP contribution is 2.08. The van der Waals surface area contributed by atoms with Crippen molar-refractivity contribution in [3.05, 3.63) is 41.5 Å². The fraction of sp³-hybridized carbons (Fsp3) is 0.250. The molecule has 0 spiro atoms. The van der Waals surface area contributed by atoms with Gasteiger partial charge in [0.25, 0.3) is 0 Å². The van der Waals surface area contributed by atoms with Crippen molar-refractivity contribution in [2.45, 2.75) is 6.54 Å². The van der Waals surface area contributed by atoms with Crippen molar-refractivity contribution in [3.8, 4) is 0 Å². The topological polar surface area (TPSA) is 40.5 Å². The lowest BCUT2D eigenvalue weighted by Crippen LogP contribution is -2.10. The Bertz CT molecular complexity index is 370. The largest absolute Gasteiger partial charge is 0.478 e. The summed E-state index contributed by atoms with van der Waals surface area (Å²) in [6.45, 7) is 0.856. The Morgan fingerprint density at radius 1 is 1.47 bits per heavy atom. The summed E-state index contributed by atoms with van der Waals surface area (Å²) in [4.78, 5) is 12.4. The predicted octanol–water partition coefficient (Wildman–Crippen LogP) is 1.85. The monoisotopic (exact) mass is 205 g/mol. The van der Waals surface area contributed by atoms with Crippen molar-refractivity contribution in [1.29, 1.82) is 0 Å². The molecule has 1 aromatic carbocycles. The van der Waals surface area contributed by atoms with Gasteiger partial charge in [-0.3, -0.25) is 0 Å². The molecule has 0 aliphatic carbocycles. The highest BCUT2D eigenvalue weighted by molar-refractivity contribution is 5.85. The zero-order valence-corrected chi connectivity index (χ0v) is 8.97. The Kier molecular flexibility index (Phi) is 4.06. The maximum Gasteiger partial charge on any atom is 0.328 e. The van der Waals surface area contributed by atoms with E-state index in [1.165, 1.54) is 5.56 Å². The predicted molar refractivity (Wildman–Crippen MR) is 60.5 cm³/mol. The van der Waals surface area contributed by atoms with Crippen LogP contribution in [-0.4, -0.2) is 30.1 Å². The Morgan fingerprint density at radius 2 is 2.20 bits per heavy atom. The van der Waals surface area contributed by atoms with Gasteiger partial charge >= 0.3 is 5.97 Å². The van der Waals surface area contributed by atoms with E-state index in [4.69, 9.17) is 5.11 Å². The Hall–Kier alpha value is -1.61. The molecule has 1 N–H and O–H groups in total. The van der Waals surface area contributed by atoms with E-state index in [2.05, 4.69) is 4.90 Å². The molecule has 0 bridgehead atoms. The van der Waals surface area contributed by atoms with Crippen molar-refractivity contribution in [1.82, 2.24) is 4.90 Å². The summed E-state index contributed by atoms with van der Waals surface area (Å²) < 4.78 is 0. The van der Waals surface area contributed by atoms with Crippen LogP contribution in [0, 0.1) is 0 Å². The third kappa shape index (κ3) is 4.42. The van der Waals surface area contributed by atoms with E-state index >= 15 is 0 Å². The average Bonchev–Trinajstić information content (AvgIpc) is 2.14. The summed E-state index contributed by atoms with van der Waals surface area (Å²) in [7, 11) is 4.00. The second-order valence-corrected chi connectivity index (χ2v) is 3.65. The Balaban J connectivity index is 2.78. The molecule has 1 rings (SSSR count). The molecule has 3 nitrogen and oxygen atoms in total. The van der Waals surface area contributed by atoms with Gasteiger partial charge in [0.05, 0.1) is 0 Å². The van der Waals surface area contributed by atoms with Crippen LogP contribution < -0.4 is 0 Å². The molecule has 0 fully saturated rings. The molecular weight excluding hydrogens is 190 g/mol. The molecule has 15 heavy (non-hydrogen) atoms. The molecule has 0 aromatic heterocycles. The first-order chi connectivity index (χ1) is 7.08. The van der Waals surface area contributed by atoms with E-state index < -0.39 is 5.97 Å². The molecule has 0 saturated heterocycles. The standard InChI is InChI=1S/C12H15NO2/c1-13(2)9-11-5-3-4-10(8-11)6-7-12(14)15/h3-8H,9H2,1-2H3,(H,14,15)/b7-6+. The molecule has 0 atom stereocenters.